The Morgan fingerprint density at radius 1 is 1.30 bits per heavy atom. The van der Waals surface area contributed by atoms with E-state index in [1.54, 1.807) is 6.07 Å². The highest BCUT2D eigenvalue weighted by atomic mass is 32.2. The number of amides is 1. The van der Waals surface area contributed by atoms with Crippen molar-refractivity contribution >= 4 is 27.3 Å². The minimum Gasteiger partial charge on any atom is -0.326 e. The molecule has 0 bridgehead atoms. The fourth-order valence-electron chi connectivity index (χ4n) is 3.70. The number of carbonyl (C=O) groups is 1. The van der Waals surface area contributed by atoms with Crippen LogP contribution >= 0.6 is 0 Å². The Kier molecular flexibility index (Phi) is 4.36. The molecule has 5 nitrogen and oxygen atoms in total. The molecule has 1 saturated carbocycles. The fraction of sp³-hybridized carbons (Fsp3) is 0.588. The van der Waals surface area contributed by atoms with Gasteiger partial charge >= 0.3 is 0 Å². The van der Waals surface area contributed by atoms with Crippen molar-refractivity contribution in [2.45, 2.75) is 39.0 Å². The molecule has 1 amide bonds. The normalized spacial score (nSPS) is 19.7. The Hall–Kier alpha value is -1.56. The van der Waals surface area contributed by atoms with E-state index in [0.29, 0.717) is 23.8 Å². The van der Waals surface area contributed by atoms with Gasteiger partial charge in [0.15, 0.2) is 0 Å². The van der Waals surface area contributed by atoms with Crippen molar-refractivity contribution in [3.63, 3.8) is 0 Å². The van der Waals surface area contributed by atoms with Gasteiger partial charge in [0.1, 0.15) is 0 Å². The molecule has 1 unspecified atom stereocenters. The first-order chi connectivity index (χ1) is 10.9. The number of anilines is 2. The zero-order valence-electron chi connectivity index (χ0n) is 13.7. The maximum atomic E-state index is 12.4. The van der Waals surface area contributed by atoms with E-state index in [0.717, 1.165) is 24.8 Å². The second-order valence-electron chi connectivity index (χ2n) is 6.75. The Labute approximate surface area is 138 Å². The lowest BCUT2D eigenvalue weighted by molar-refractivity contribution is -0.120. The van der Waals surface area contributed by atoms with Gasteiger partial charge in [-0.2, -0.15) is 0 Å². The van der Waals surface area contributed by atoms with E-state index in [1.807, 2.05) is 19.1 Å². The number of nitrogens with zero attached hydrogens (tertiary/aromatic N) is 1. The molecule has 23 heavy (non-hydrogen) atoms. The van der Waals surface area contributed by atoms with Crippen LogP contribution in [0, 0.1) is 11.8 Å². The molecule has 1 heterocycles. The first-order valence-corrected chi connectivity index (χ1v) is 10.1. The largest absolute Gasteiger partial charge is 0.326 e. The van der Waals surface area contributed by atoms with E-state index in [1.165, 1.54) is 23.4 Å². The molecule has 1 N–H and O–H groups in total. The Bertz CT molecular complexity index is 709. The Morgan fingerprint density at radius 2 is 2.00 bits per heavy atom. The van der Waals surface area contributed by atoms with Crippen molar-refractivity contribution in [2.75, 3.05) is 22.4 Å². The highest BCUT2D eigenvalue weighted by Crippen LogP contribution is 2.34. The molecule has 1 aliphatic heterocycles. The van der Waals surface area contributed by atoms with E-state index in [-0.39, 0.29) is 11.8 Å². The van der Waals surface area contributed by atoms with Crippen LogP contribution in [0.1, 0.15) is 38.2 Å². The molecule has 1 aromatic rings. The highest BCUT2D eigenvalue weighted by molar-refractivity contribution is 7.92. The van der Waals surface area contributed by atoms with Crippen LogP contribution in [0.5, 0.6) is 0 Å². The van der Waals surface area contributed by atoms with Gasteiger partial charge in [-0.25, -0.2) is 8.42 Å². The zero-order chi connectivity index (χ0) is 16.6. The molecule has 2 aliphatic rings. The molecule has 6 heteroatoms. The van der Waals surface area contributed by atoms with Crippen LogP contribution in [0.4, 0.5) is 11.4 Å². The third kappa shape index (κ3) is 3.37. The maximum Gasteiger partial charge on any atom is 0.232 e. The average molecular weight is 336 g/mol. The number of benzene rings is 1. The molecule has 1 fully saturated rings. The summed E-state index contributed by atoms with van der Waals surface area (Å²) in [4.78, 5) is 12.4. The van der Waals surface area contributed by atoms with Crippen LogP contribution in [-0.4, -0.2) is 27.1 Å². The predicted octanol–water partition coefficient (Wildman–Crippen LogP) is 2.77. The molecule has 0 aromatic heterocycles. The Balaban J connectivity index is 1.76. The van der Waals surface area contributed by atoms with Gasteiger partial charge in [0.2, 0.25) is 15.9 Å². The minimum atomic E-state index is -3.27. The molecule has 1 atom stereocenters. The molecular formula is C17H24N2O3S. The van der Waals surface area contributed by atoms with Gasteiger partial charge < -0.3 is 5.32 Å². The summed E-state index contributed by atoms with van der Waals surface area (Å²) in [5, 5.41) is 2.96. The summed E-state index contributed by atoms with van der Waals surface area (Å²) in [6.07, 6.45) is 6.61. The highest BCUT2D eigenvalue weighted by Gasteiger charge is 2.28. The zero-order valence-corrected chi connectivity index (χ0v) is 14.5. The molecule has 0 radical (unpaired) electrons. The van der Waals surface area contributed by atoms with Gasteiger partial charge in [0.05, 0.1) is 11.9 Å². The average Bonchev–Trinajstić information content (AvgIpc) is 3.14. The molecular weight excluding hydrogens is 312 g/mol. The third-order valence-corrected chi connectivity index (χ3v) is 6.31. The van der Waals surface area contributed by atoms with Crippen LogP contribution in [0.25, 0.3) is 0 Å². The number of hydrogen-bond donors (Lipinski definition) is 1. The quantitative estimate of drug-likeness (QED) is 0.919. The molecule has 1 aliphatic carbocycles. The van der Waals surface area contributed by atoms with Crippen LogP contribution in [0.15, 0.2) is 18.2 Å². The van der Waals surface area contributed by atoms with Crippen molar-refractivity contribution in [2.24, 2.45) is 11.8 Å². The number of hydrogen-bond acceptors (Lipinski definition) is 3. The van der Waals surface area contributed by atoms with Gasteiger partial charge in [0, 0.05) is 18.2 Å². The summed E-state index contributed by atoms with van der Waals surface area (Å²) in [7, 11) is -3.27. The van der Waals surface area contributed by atoms with Crippen molar-refractivity contribution in [3.05, 3.63) is 23.8 Å². The summed E-state index contributed by atoms with van der Waals surface area (Å²) < 4.78 is 25.1. The summed E-state index contributed by atoms with van der Waals surface area (Å²) in [6.45, 7) is 2.46. The number of rotatable bonds is 4. The SMILES string of the molecule is CC(C(=O)Nc1ccc2c(c1)N(S(C)(=O)=O)CC2)C1CCCC1. The smallest absolute Gasteiger partial charge is 0.232 e. The topological polar surface area (TPSA) is 66.5 Å². The summed E-state index contributed by atoms with van der Waals surface area (Å²) in [5.74, 6) is 0.495. The van der Waals surface area contributed by atoms with E-state index in [4.69, 9.17) is 0 Å². The predicted molar refractivity (Wildman–Crippen MR) is 92.1 cm³/mol. The number of sulfonamides is 1. The summed E-state index contributed by atoms with van der Waals surface area (Å²) in [5.41, 5.74) is 2.38. The van der Waals surface area contributed by atoms with Gasteiger partial charge in [-0.15, -0.1) is 0 Å². The van der Waals surface area contributed by atoms with Gasteiger partial charge in [-0.1, -0.05) is 25.8 Å². The van der Waals surface area contributed by atoms with E-state index in [2.05, 4.69) is 5.32 Å². The monoisotopic (exact) mass is 336 g/mol. The van der Waals surface area contributed by atoms with E-state index < -0.39 is 10.0 Å². The van der Waals surface area contributed by atoms with Crippen molar-refractivity contribution in [3.8, 4) is 0 Å². The second kappa shape index (κ2) is 6.15. The fourth-order valence-corrected chi connectivity index (χ4v) is 4.65. The molecule has 1 aromatic carbocycles. The summed E-state index contributed by atoms with van der Waals surface area (Å²) in [6, 6.07) is 5.56. The molecule has 3 rings (SSSR count). The lowest BCUT2D eigenvalue weighted by atomic mass is 9.92. The van der Waals surface area contributed by atoms with Crippen LogP contribution in [-0.2, 0) is 21.2 Å². The number of nitrogens with one attached hydrogen (secondary N) is 1. The second-order valence-corrected chi connectivity index (χ2v) is 8.66. The first-order valence-electron chi connectivity index (χ1n) is 8.28. The van der Waals surface area contributed by atoms with Gasteiger partial charge in [-0.3, -0.25) is 9.10 Å². The van der Waals surface area contributed by atoms with Crippen LogP contribution in [0.2, 0.25) is 0 Å². The standard InChI is InChI=1S/C17H24N2O3S/c1-12(13-5-3-4-6-13)17(20)18-15-8-7-14-9-10-19(16(14)11-15)23(2,21)22/h7-8,11-13H,3-6,9-10H2,1-2H3,(H,18,20). The molecule has 0 spiro atoms. The first kappa shape index (κ1) is 16.3. The number of fused-ring (bicyclic) bond motifs is 1. The van der Waals surface area contributed by atoms with Crippen molar-refractivity contribution in [1.29, 1.82) is 0 Å². The van der Waals surface area contributed by atoms with Crippen LogP contribution < -0.4 is 9.62 Å². The van der Waals surface area contributed by atoms with E-state index in [9.17, 15) is 13.2 Å². The number of carbonyl (C=O) groups excluding carboxylic acids is 1. The lowest BCUT2D eigenvalue weighted by Crippen LogP contribution is -2.28. The summed E-state index contributed by atoms with van der Waals surface area (Å²) >= 11 is 0. The van der Waals surface area contributed by atoms with Crippen LogP contribution in [0.3, 0.4) is 0 Å². The Morgan fingerprint density at radius 3 is 2.65 bits per heavy atom. The third-order valence-electron chi connectivity index (χ3n) is 5.13. The molecule has 126 valence electrons. The molecule has 0 saturated heterocycles. The van der Waals surface area contributed by atoms with Crippen molar-refractivity contribution < 1.29 is 13.2 Å². The van der Waals surface area contributed by atoms with Crippen molar-refractivity contribution in [1.82, 2.24) is 0 Å². The maximum absolute atomic E-state index is 12.4. The van der Waals surface area contributed by atoms with Gasteiger partial charge in [0.25, 0.3) is 0 Å². The van der Waals surface area contributed by atoms with E-state index >= 15 is 0 Å². The van der Waals surface area contributed by atoms with Gasteiger partial charge in [-0.05, 0) is 42.9 Å². The minimum absolute atomic E-state index is 0.00299. The lowest BCUT2D eigenvalue weighted by Gasteiger charge is -2.20.